The van der Waals surface area contributed by atoms with Gasteiger partial charge in [0.05, 0.1) is 11.5 Å². The average molecular weight is 289 g/mol. The van der Waals surface area contributed by atoms with Crippen LogP contribution in [-0.2, 0) is 9.84 Å². The van der Waals surface area contributed by atoms with E-state index in [0.717, 1.165) is 32.4 Å². The third kappa shape index (κ3) is 4.43. The topological polar surface area (TPSA) is 57.6 Å². The third-order valence-electron chi connectivity index (χ3n) is 4.71. The first-order valence-electron chi connectivity index (χ1n) is 7.59. The molecule has 1 saturated heterocycles. The highest BCUT2D eigenvalue weighted by Crippen LogP contribution is 2.35. The highest BCUT2D eigenvalue weighted by Gasteiger charge is 2.33. The molecule has 1 aliphatic heterocycles. The number of aliphatic hydroxyl groups excluding tert-OH is 1. The molecule has 5 heteroatoms. The smallest absolute Gasteiger partial charge is 0.151 e. The van der Waals surface area contributed by atoms with Crippen LogP contribution in [0.25, 0.3) is 0 Å². The van der Waals surface area contributed by atoms with Crippen molar-refractivity contribution in [1.29, 1.82) is 0 Å². The van der Waals surface area contributed by atoms with Crippen LogP contribution in [0.4, 0.5) is 0 Å². The summed E-state index contributed by atoms with van der Waals surface area (Å²) in [6, 6.07) is 0. The van der Waals surface area contributed by atoms with Gasteiger partial charge in [-0.1, -0.05) is 25.7 Å². The molecule has 0 bridgehead atoms. The van der Waals surface area contributed by atoms with Crippen LogP contribution in [0.5, 0.6) is 0 Å². The van der Waals surface area contributed by atoms with Crippen LogP contribution < -0.4 is 0 Å². The third-order valence-corrected chi connectivity index (χ3v) is 6.42. The molecule has 0 unspecified atom stereocenters. The first-order valence-corrected chi connectivity index (χ1v) is 9.41. The van der Waals surface area contributed by atoms with Crippen molar-refractivity contribution in [2.24, 2.45) is 5.41 Å². The van der Waals surface area contributed by atoms with Gasteiger partial charge < -0.3 is 10.0 Å². The van der Waals surface area contributed by atoms with Crippen LogP contribution in [0.1, 0.15) is 44.9 Å². The molecule has 2 fully saturated rings. The van der Waals surface area contributed by atoms with Crippen LogP contribution in [0, 0.1) is 5.41 Å². The van der Waals surface area contributed by atoms with Crippen LogP contribution in [0.15, 0.2) is 0 Å². The fraction of sp³-hybridized carbons (Fsp3) is 1.00. The highest BCUT2D eigenvalue weighted by atomic mass is 32.2. The van der Waals surface area contributed by atoms with E-state index >= 15 is 0 Å². The van der Waals surface area contributed by atoms with E-state index in [2.05, 4.69) is 4.90 Å². The van der Waals surface area contributed by atoms with Crippen molar-refractivity contribution < 1.29 is 13.5 Å². The van der Waals surface area contributed by atoms with Gasteiger partial charge in [-0.25, -0.2) is 8.42 Å². The zero-order chi connectivity index (χ0) is 13.8. The Balaban J connectivity index is 1.97. The van der Waals surface area contributed by atoms with E-state index in [9.17, 15) is 13.5 Å². The van der Waals surface area contributed by atoms with Gasteiger partial charge in [-0.2, -0.15) is 0 Å². The van der Waals surface area contributed by atoms with Crippen molar-refractivity contribution in [1.82, 2.24) is 4.90 Å². The molecule has 1 N–H and O–H groups in total. The maximum atomic E-state index is 11.6. The monoisotopic (exact) mass is 289 g/mol. The Morgan fingerprint density at radius 3 is 2.26 bits per heavy atom. The van der Waals surface area contributed by atoms with Gasteiger partial charge in [0.15, 0.2) is 9.84 Å². The molecule has 0 spiro atoms. The van der Waals surface area contributed by atoms with Crippen LogP contribution in [0.2, 0.25) is 0 Å². The van der Waals surface area contributed by atoms with Gasteiger partial charge in [-0.3, -0.25) is 0 Å². The lowest BCUT2D eigenvalue weighted by Gasteiger charge is -2.36. The normalized spacial score (nSPS) is 28.5. The molecular formula is C14H27NO3S. The molecule has 2 aliphatic rings. The van der Waals surface area contributed by atoms with Crippen molar-refractivity contribution in [3.63, 3.8) is 0 Å². The van der Waals surface area contributed by atoms with Gasteiger partial charge in [0.2, 0.25) is 0 Å². The molecule has 0 amide bonds. The summed E-state index contributed by atoms with van der Waals surface area (Å²) in [5.74, 6) is 0.615. The minimum Gasteiger partial charge on any atom is -0.396 e. The molecule has 0 radical (unpaired) electrons. The fourth-order valence-corrected chi connectivity index (χ4v) is 4.78. The van der Waals surface area contributed by atoms with Crippen molar-refractivity contribution in [2.75, 3.05) is 37.7 Å². The van der Waals surface area contributed by atoms with Gasteiger partial charge in [0.25, 0.3) is 0 Å². The molecule has 19 heavy (non-hydrogen) atoms. The highest BCUT2D eigenvalue weighted by molar-refractivity contribution is 7.91. The Labute approximate surface area is 117 Å². The second kappa shape index (κ2) is 6.55. The van der Waals surface area contributed by atoms with Crippen LogP contribution in [-0.4, -0.2) is 56.2 Å². The Morgan fingerprint density at radius 2 is 1.63 bits per heavy atom. The summed E-state index contributed by atoms with van der Waals surface area (Å²) in [6.07, 6.45) is 7.87. The van der Waals surface area contributed by atoms with E-state index in [4.69, 9.17) is 0 Å². The number of hydrogen-bond acceptors (Lipinski definition) is 4. The molecule has 1 aliphatic carbocycles. The summed E-state index contributed by atoms with van der Waals surface area (Å²) in [4.78, 5) is 2.27. The lowest BCUT2D eigenvalue weighted by Crippen LogP contribution is -2.41. The summed E-state index contributed by atoms with van der Waals surface area (Å²) in [5, 5.41) is 9.83. The first kappa shape index (κ1) is 15.3. The van der Waals surface area contributed by atoms with E-state index in [1.807, 2.05) is 0 Å². The number of hydrogen-bond donors (Lipinski definition) is 1. The van der Waals surface area contributed by atoms with E-state index < -0.39 is 9.84 Å². The lowest BCUT2D eigenvalue weighted by atomic mass is 9.80. The molecular weight excluding hydrogens is 262 g/mol. The van der Waals surface area contributed by atoms with Gasteiger partial charge in [-0.05, 0) is 25.8 Å². The van der Waals surface area contributed by atoms with E-state index in [1.54, 1.807) is 0 Å². The van der Waals surface area contributed by atoms with E-state index in [1.165, 1.54) is 25.7 Å². The summed E-state index contributed by atoms with van der Waals surface area (Å²) in [5.41, 5.74) is 0.0185. The SMILES string of the molecule is O=S1(=O)CCCN(CC2(CO)CCCCCC2)CC1. The molecule has 1 saturated carbocycles. The Bertz CT molecular complexity index is 372. The Morgan fingerprint density at radius 1 is 0.947 bits per heavy atom. The summed E-state index contributed by atoms with van der Waals surface area (Å²) < 4.78 is 23.3. The van der Waals surface area contributed by atoms with E-state index in [-0.39, 0.29) is 17.8 Å². The standard InChI is InChI=1S/C14H27NO3S/c16-13-14(6-3-1-2-4-7-14)12-15-8-5-10-19(17,18)11-9-15/h16H,1-13H2. The van der Waals surface area contributed by atoms with Crippen molar-refractivity contribution in [3.8, 4) is 0 Å². The summed E-state index contributed by atoms with van der Waals surface area (Å²) in [7, 11) is -2.83. The molecule has 0 aromatic rings. The summed E-state index contributed by atoms with van der Waals surface area (Å²) in [6.45, 7) is 2.63. The van der Waals surface area contributed by atoms with Gasteiger partial charge >= 0.3 is 0 Å². The van der Waals surface area contributed by atoms with Crippen LogP contribution >= 0.6 is 0 Å². The number of nitrogens with zero attached hydrogens (tertiary/aromatic N) is 1. The molecule has 112 valence electrons. The average Bonchev–Trinajstić information content (AvgIpc) is 2.70. The zero-order valence-electron chi connectivity index (χ0n) is 11.8. The lowest BCUT2D eigenvalue weighted by molar-refractivity contribution is 0.0622. The Kier molecular flexibility index (Phi) is 5.26. The maximum Gasteiger partial charge on any atom is 0.151 e. The molecule has 1 heterocycles. The van der Waals surface area contributed by atoms with Crippen molar-refractivity contribution >= 4 is 9.84 Å². The van der Waals surface area contributed by atoms with Crippen LogP contribution in [0.3, 0.4) is 0 Å². The number of sulfone groups is 1. The van der Waals surface area contributed by atoms with Gasteiger partial charge in [0.1, 0.15) is 0 Å². The number of rotatable bonds is 3. The molecule has 0 aromatic carbocycles. The first-order chi connectivity index (χ1) is 9.05. The zero-order valence-corrected chi connectivity index (χ0v) is 12.6. The molecule has 0 aromatic heterocycles. The minimum absolute atomic E-state index is 0.0185. The Hall–Kier alpha value is -0.130. The molecule has 0 atom stereocenters. The van der Waals surface area contributed by atoms with E-state index in [0.29, 0.717) is 12.3 Å². The van der Waals surface area contributed by atoms with Gasteiger partial charge in [0, 0.05) is 25.1 Å². The second-order valence-corrected chi connectivity index (χ2v) is 8.66. The minimum atomic E-state index is -2.83. The fourth-order valence-electron chi connectivity index (χ4n) is 3.47. The van der Waals surface area contributed by atoms with Gasteiger partial charge in [-0.15, -0.1) is 0 Å². The second-order valence-electron chi connectivity index (χ2n) is 6.35. The quantitative estimate of drug-likeness (QED) is 0.799. The largest absolute Gasteiger partial charge is 0.396 e. The van der Waals surface area contributed by atoms with Crippen molar-refractivity contribution in [3.05, 3.63) is 0 Å². The number of aliphatic hydroxyl groups is 1. The predicted molar refractivity (Wildman–Crippen MR) is 76.9 cm³/mol. The van der Waals surface area contributed by atoms with Crippen molar-refractivity contribution in [2.45, 2.75) is 44.9 Å². The summed E-state index contributed by atoms with van der Waals surface area (Å²) >= 11 is 0. The molecule has 2 rings (SSSR count). The predicted octanol–water partition coefficient (Wildman–Crippen LogP) is 1.44. The molecule has 4 nitrogen and oxygen atoms in total. The maximum absolute atomic E-state index is 11.6.